The van der Waals surface area contributed by atoms with Crippen molar-refractivity contribution in [2.45, 2.75) is 30.7 Å². The summed E-state index contributed by atoms with van der Waals surface area (Å²) < 4.78 is 26.3. The number of halogens is 1. The molecule has 0 saturated heterocycles. The molecule has 0 radical (unpaired) electrons. The monoisotopic (exact) mass is 245 g/mol. The van der Waals surface area contributed by atoms with Gasteiger partial charge in [-0.05, 0) is 37.5 Å². The van der Waals surface area contributed by atoms with E-state index in [1.54, 1.807) is 18.2 Å². The van der Waals surface area contributed by atoms with Crippen LogP contribution in [0.2, 0.25) is 5.02 Å². The fourth-order valence-corrected chi connectivity index (χ4v) is 3.19. The van der Waals surface area contributed by atoms with Crippen molar-refractivity contribution in [2.24, 2.45) is 0 Å². The number of nitrogens with one attached hydrogen (secondary N) is 1. The van der Waals surface area contributed by atoms with E-state index >= 15 is 0 Å². The maximum atomic E-state index is 11.9. The minimum absolute atomic E-state index is 0.103. The van der Waals surface area contributed by atoms with Crippen LogP contribution in [0.1, 0.15) is 18.4 Å². The molecule has 0 aliphatic heterocycles. The molecule has 0 spiro atoms. The lowest BCUT2D eigenvalue weighted by molar-refractivity contribution is 0.581. The molecule has 15 heavy (non-hydrogen) atoms. The average Bonchev–Trinajstić information content (AvgIpc) is 2.92. The summed E-state index contributed by atoms with van der Waals surface area (Å²) in [7, 11) is -3.43. The fraction of sp³-hybridized carbons (Fsp3) is 0.400. The van der Waals surface area contributed by atoms with Gasteiger partial charge in [-0.1, -0.05) is 17.7 Å². The molecule has 1 aliphatic carbocycles. The van der Waals surface area contributed by atoms with Crippen LogP contribution in [-0.4, -0.2) is 14.5 Å². The third-order valence-electron chi connectivity index (χ3n) is 2.28. The van der Waals surface area contributed by atoms with Crippen molar-refractivity contribution >= 4 is 21.6 Å². The molecule has 1 aromatic rings. The Kier molecular flexibility index (Phi) is 2.75. The quantitative estimate of drug-likeness (QED) is 0.887. The summed E-state index contributed by atoms with van der Waals surface area (Å²) >= 11 is 5.87. The van der Waals surface area contributed by atoms with Crippen LogP contribution < -0.4 is 4.72 Å². The number of rotatable bonds is 3. The van der Waals surface area contributed by atoms with Gasteiger partial charge in [-0.3, -0.25) is 0 Å². The van der Waals surface area contributed by atoms with Gasteiger partial charge in [0.05, 0.1) is 5.02 Å². The molecular weight excluding hydrogens is 234 g/mol. The van der Waals surface area contributed by atoms with Crippen molar-refractivity contribution in [3.63, 3.8) is 0 Å². The normalized spacial score (nSPS) is 16.7. The highest BCUT2D eigenvalue weighted by atomic mass is 35.5. The number of hydrogen-bond donors (Lipinski definition) is 1. The summed E-state index contributed by atoms with van der Waals surface area (Å²) in [5.41, 5.74) is 0.885. The summed E-state index contributed by atoms with van der Waals surface area (Å²) in [6.07, 6.45) is 1.84. The Balaban J connectivity index is 2.38. The first-order valence-electron chi connectivity index (χ1n) is 4.77. The van der Waals surface area contributed by atoms with Gasteiger partial charge in [-0.25, -0.2) is 13.1 Å². The van der Waals surface area contributed by atoms with Crippen molar-refractivity contribution in [3.05, 3.63) is 28.8 Å². The highest BCUT2D eigenvalue weighted by molar-refractivity contribution is 7.89. The van der Waals surface area contributed by atoms with Gasteiger partial charge in [-0.15, -0.1) is 0 Å². The summed E-state index contributed by atoms with van der Waals surface area (Å²) in [6.45, 7) is 1.84. The zero-order valence-electron chi connectivity index (χ0n) is 8.33. The molecule has 0 heterocycles. The molecule has 3 nitrogen and oxygen atoms in total. The summed E-state index contributed by atoms with van der Waals surface area (Å²) in [6, 6.07) is 5.09. The van der Waals surface area contributed by atoms with E-state index in [0.717, 1.165) is 18.4 Å². The lowest BCUT2D eigenvalue weighted by Crippen LogP contribution is -2.26. The first kappa shape index (κ1) is 10.9. The van der Waals surface area contributed by atoms with E-state index in [1.165, 1.54) is 0 Å². The van der Waals surface area contributed by atoms with Gasteiger partial charge in [0.1, 0.15) is 4.90 Å². The Morgan fingerprint density at radius 1 is 1.40 bits per heavy atom. The van der Waals surface area contributed by atoms with E-state index in [0.29, 0.717) is 0 Å². The Morgan fingerprint density at radius 2 is 2.07 bits per heavy atom. The molecule has 0 amide bonds. The molecule has 2 rings (SSSR count). The number of aryl methyl sites for hydroxylation is 1. The van der Waals surface area contributed by atoms with Gasteiger partial charge < -0.3 is 0 Å². The molecule has 0 atom stereocenters. The third kappa shape index (κ3) is 2.51. The molecular formula is C10H12ClNO2S. The molecule has 1 aliphatic rings. The standard InChI is InChI=1S/C10H12ClNO2S/c1-7-2-5-9(11)10(6-7)15(13,14)12-8-3-4-8/h2,5-6,8,12H,3-4H2,1H3. The van der Waals surface area contributed by atoms with Crippen molar-refractivity contribution in [3.8, 4) is 0 Å². The molecule has 1 saturated carbocycles. The van der Waals surface area contributed by atoms with E-state index in [1.807, 2.05) is 6.92 Å². The SMILES string of the molecule is Cc1ccc(Cl)c(S(=O)(=O)NC2CC2)c1. The van der Waals surface area contributed by atoms with Gasteiger partial charge in [0, 0.05) is 6.04 Å². The Morgan fingerprint density at radius 3 is 2.67 bits per heavy atom. The van der Waals surface area contributed by atoms with Gasteiger partial charge in [0.2, 0.25) is 10.0 Å². The summed E-state index contributed by atoms with van der Waals surface area (Å²) in [5.74, 6) is 0. The lowest BCUT2D eigenvalue weighted by atomic mass is 10.2. The van der Waals surface area contributed by atoms with Crippen molar-refractivity contribution in [1.82, 2.24) is 4.72 Å². The Hall–Kier alpha value is -0.580. The summed E-state index contributed by atoms with van der Waals surface area (Å²) in [5, 5.41) is 0.272. The highest BCUT2D eigenvalue weighted by Gasteiger charge is 2.29. The van der Waals surface area contributed by atoms with E-state index in [4.69, 9.17) is 11.6 Å². The number of benzene rings is 1. The van der Waals surface area contributed by atoms with Gasteiger partial charge >= 0.3 is 0 Å². The number of sulfonamides is 1. The largest absolute Gasteiger partial charge is 0.242 e. The topological polar surface area (TPSA) is 46.2 Å². The van der Waals surface area contributed by atoms with Crippen molar-refractivity contribution < 1.29 is 8.42 Å². The smallest absolute Gasteiger partial charge is 0.208 e. The predicted octanol–water partition coefficient (Wildman–Crippen LogP) is 2.09. The highest BCUT2D eigenvalue weighted by Crippen LogP contribution is 2.26. The van der Waals surface area contributed by atoms with Crippen LogP contribution in [0.4, 0.5) is 0 Å². The molecule has 0 bridgehead atoms. The van der Waals surface area contributed by atoms with Crippen LogP contribution >= 0.6 is 11.6 Å². The van der Waals surface area contributed by atoms with Crippen LogP contribution in [0.25, 0.3) is 0 Å². The first-order chi connectivity index (χ1) is 6.99. The number of hydrogen-bond acceptors (Lipinski definition) is 2. The van der Waals surface area contributed by atoms with Crippen LogP contribution in [0, 0.1) is 6.92 Å². The summed E-state index contributed by atoms with van der Waals surface area (Å²) in [4.78, 5) is 0.177. The van der Waals surface area contributed by atoms with E-state index in [-0.39, 0.29) is 16.0 Å². The first-order valence-corrected chi connectivity index (χ1v) is 6.63. The zero-order chi connectivity index (χ0) is 11.1. The second-order valence-corrected chi connectivity index (χ2v) is 5.92. The predicted molar refractivity (Wildman–Crippen MR) is 59.5 cm³/mol. The second-order valence-electron chi connectivity index (χ2n) is 3.83. The average molecular weight is 246 g/mol. The zero-order valence-corrected chi connectivity index (χ0v) is 9.90. The molecule has 0 unspecified atom stereocenters. The van der Waals surface area contributed by atoms with Gasteiger partial charge in [0.15, 0.2) is 0 Å². The minimum atomic E-state index is -3.43. The van der Waals surface area contributed by atoms with E-state index in [9.17, 15) is 8.42 Å². The lowest BCUT2D eigenvalue weighted by Gasteiger charge is -2.07. The molecule has 1 fully saturated rings. The molecule has 0 aromatic heterocycles. The van der Waals surface area contributed by atoms with Crippen LogP contribution in [0.3, 0.4) is 0 Å². The Labute approximate surface area is 94.5 Å². The third-order valence-corrected chi connectivity index (χ3v) is 4.28. The fourth-order valence-electron chi connectivity index (χ4n) is 1.30. The van der Waals surface area contributed by atoms with Crippen LogP contribution in [-0.2, 0) is 10.0 Å². The van der Waals surface area contributed by atoms with E-state index in [2.05, 4.69) is 4.72 Å². The molecule has 5 heteroatoms. The minimum Gasteiger partial charge on any atom is -0.208 e. The molecule has 1 N–H and O–H groups in total. The van der Waals surface area contributed by atoms with E-state index < -0.39 is 10.0 Å². The maximum Gasteiger partial charge on any atom is 0.242 e. The van der Waals surface area contributed by atoms with Crippen molar-refractivity contribution in [2.75, 3.05) is 0 Å². The van der Waals surface area contributed by atoms with Crippen LogP contribution in [0.5, 0.6) is 0 Å². The molecule has 1 aromatic carbocycles. The van der Waals surface area contributed by atoms with Gasteiger partial charge in [0.25, 0.3) is 0 Å². The van der Waals surface area contributed by atoms with Crippen LogP contribution in [0.15, 0.2) is 23.1 Å². The second kappa shape index (κ2) is 3.77. The maximum absolute atomic E-state index is 11.9. The molecule has 82 valence electrons. The van der Waals surface area contributed by atoms with Crippen molar-refractivity contribution in [1.29, 1.82) is 0 Å². The van der Waals surface area contributed by atoms with Gasteiger partial charge in [-0.2, -0.15) is 0 Å². The Bertz CT molecular complexity index is 480.